The van der Waals surface area contributed by atoms with E-state index < -0.39 is 10.7 Å². The van der Waals surface area contributed by atoms with Crippen LogP contribution >= 0.6 is 11.3 Å². The van der Waals surface area contributed by atoms with Crippen molar-refractivity contribution in [2.45, 2.75) is 18.9 Å². The highest BCUT2D eigenvalue weighted by Crippen LogP contribution is 2.44. The van der Waals surface area contributed by atoms with E-state index in [4.69, 9.17) is 0 Å². The van der Waals surface area contributed by atoms with Crippen LogP contribution in [-0.2, 0) is 0 Å². The molecule has 1 saturated carbocycles. The van der Waals surface area contributed by atoms with E-state index in [1.807, 2.05) is 17.5 Å². The first-order valence-corrected chi connectivity index (χ1v) is 7.27. The van der Waals surface area contributed by atoms with E-state index >= 15 is 0 Å². The second kappa shape index (κ2) is 5.20. The fourth-order valence-corrected chi connectivity index (χ4v) is 3.09. The van der Waals surface area contributed by atoms with Crippen LogP contribution in [-0.4, -0.2) is 4.92 Å². The Hall–Kier alpha value is -1.95. The molecule has 1 atom stereocenters. The molecule has 2 aromatic rings. The molecule has 0 amide bonds. The van der Waals surface area contributed by atoms with Gasteiger partial charge in [-0.15, -0.1) is 11.3 Å². The number of nitrogens with zero attached hydrogens (tertiary/aromatic N) is 1. The zero-order chi connectivity index (χ0) is 14.1. The third-order valence-corrected chi connectivity index (χ3v) is 4.37. The highest BCUT2D eigenvalue weighted by atomic mass is 32.1. The first-order valence-electron chi connectivity index (χ1n) is 6.39. The standard InChI is InChI=1S/C14H13FN2O2S/c15-11-6-5-10(17(18)19)8-12(11)16-14(9-3-4-9)13-2-1-7-20-13/h1-2,5-9,14,16H,3-4H2. The molecule has 1 aliphatic rings. The fraction of sp³-hybridized carbons (Fsp3) is 0.286. The molecule has 3 rings (SSSR count). The molecule has 1 unspecified atom stereocenters. The Kier molecular flexibility index (Phi) is 3.40. The molecule has 104 valence electrons. The normalized spacial score (nSPS) is 15.8. The summed E-state index contributed by atoms with van der Waals surface area (Å²) in [5, 5.41) is 15.9. The smallest absolute Gasteiger partial charge is 0.271 e. The number of nitrogens with one attached hydrogen (secondary N) is 1. The first-order chi connectivity index (χ1) is 9.65. The van der Waals surface area contributed by atoms with E-state index in [1.165, 1.54) is 12.1 Å². The molecule has 0 saturated heterocycles. The highest BCUT2D eigenvalue weighted by Gasteiger charge is 2.33. The predicted molar refractivity (Wildman–Crippen MR) is 76.5 cm³/mol. The van der Waals surface area contributed by atoms with Gasteiger partial charge < -0.3 is 5.32 Å². The highest BCUT2D eigenvalue weighted by molar-refractivity contribution is 7.10. The van der Waals surface area contributed by atoms with Crippen LogP contribution in [0.1, 0.15) is 23.8 Å². The molecule has 0 spiro atoms. The maximum absolute atomic E-state index is 13.8. The third kappa shape index (κ3) is 2.65. The van der Waals surface area contributed by atoms with Crippen molar-refractivity contribution in [3.8, 4) is 0 Å². The Morgan fingerprint density at radius 1 is 1.40 bits per heavy atom. The maximum atomic E-state index is 13.8. The van der Waals surface area contributed by atoms with Crippen molar-refractivity contribution in [3.05, 3.63) is 56.5 Å². The third-order valence-electron chi connectivity index (χ3n) is 3.41. The zero-order valence-electron chi connectivity index (χ0n) is 10.6. The summed E-state index contributed by atoms with van der Waals surface area (Å²) in [6, 6.07) is 7.58. The van der Waals surface area contributed by atoms with E-state index in [0.717, 1.165) is 23.8 Å². The van der Waals surface area contributed by atoms with Gasteiger partial charge in [-0.05, 0) is 36.3 Å². The number of halogens is 1. The van der Waals surface area contributed by atoms with Gasteiger partial charge in [0.2, 0.25) is 0 Å². The van der Waals surface area contributed by atoms with Crippen molar-refractivity contribution in [1.29, 1.82) is 0 Å². The number of nitro groups is 1. The maximum Gasteiger partial charge on any atom is 0.271 e. The van der Waals surface area contributed by atoms with E-state index in [2.05, 4.69) is 5.32 Å². The van der Waals surface area contributed by atoms with Gasteiger partial charge in [0.05, 0.1) is 16.7 Å². The molecule has 0 radical (unpaired) electrons. The van der Waals surface area contributed by atoms with Crippen LogP contribution in [0.5, 0.6) is 0 Å². The minimum absolute atomic E-state index is 0.0338. The van der Waals surface area contributed by atoms with Gasteiger partial charge in [0.25, 0.3) is 5.69 Å². The Morgan fingerprint density at radius 3 is 2.80 bits per heavy atom. The lowest BCUT2D eigenvalue weighted by atomic mass is 10.1. The molecule has 0 bridgehead atoms. The average molecular weight is 292 g/mol. The Morgan fingerprint density at radius 2 is 2.20 bits per heavy atom. The molecule has 6 heteroatoms. The van der Waals surface area contributed by atoms with Gasteiger partial charge in [-0.25, -0.2) is 4.39 Å². The number of hydrogen-bond acceptors (Lipinski definition) is 4. The summed E-state index contributed by atoms with van der Waals surface area (Å²) < 4.78 is 13.8. The SMILES string of the molecule is O=[N+]([O-])c1ccc(F)c(NC(c2cccs2)C2CC2)c1. The van der Waals surface area contributed by atoms with Gasteiger partial charge in [0, 0.05) is 17.0 Å². The predicted octanol–water partition coefficient (Wildman–Crippen LogP) is 4.36. The number of thiophene rings is 1. The minimum atomic E-state index is -0.512. The first kappa shape index (κ1) is 13.1. The molecular formula is C14H13FN2O2S. The lowest BCUT2D eigenvalue weighted by Crippen LogP contribution is -2.12. The molecule has 1 N–H and O–H groups in total. The van der Waals surface area contributed by atoms with Crippen LogP contribution in [0.4, 0.5) is 15.8 Å². The van der Waals surface area contributed by atoms with Crippen LogP contribution in [0.25, 0.3) is 0 Å². The number of benzene rings is 1. The molecule has 1 aliphatic carbocycles. The molecule has 1 heterocycles. The Labute approximate surface area is 119 Å². The number of nitro benzene ring substituents is 1. The molecule has 20 heavy (non-hydrogen) atoms. The summed E-state index contributed by atoms with van der Waals surface area (Å²) in [6.45, 7) is 0. The monoisotopic (exact) mass is 292 g/mol. The second-order valence-electron chi connectivity index (χ2n) is 4.90. The lowest BCUT2D eigenvalue weighted by Gasteiger charge is -2.18. The van der Waals surface area contributed by atoms with Gasteiger partial charge in [0.15, 0.2) is 0 Å². The summed E-state index contributed by atoms with van der Waals surface area (Å²) in [5.41, 5.74) is 0.0964. The average Bonchev–Trinajstić information content (AvgIpc) is 3.12. The van der Waals surface area contributed by atoms with Crippen LogP contribution in [0.15, 0.2) is 35.7 Å². The van der Waals surface area contributed by atoms with Crippen LogP contribution < -0.4 is 5.32 Å². The van der Waals surface area contributed by atoms with E-state index in [9.17, 15) is 14.5 Å². The van der Waals surface area contributed by atoms with Crippen LogP contribution in [0.2, 0.25) is 0 Å². The Balaban J connectivity index is 1.88. The summed E-state index contributed by atoms with van der Waals surface area (Å²) in [4.78, 5) is 11.4. The fourth-order valence-electron chi connectivity index (χ4n) is 2.22. The molecule has 1 aromatic carbocycles. The van der Waals surface area contributed by atoms with Crippen molar-refractivity contribution < 1.29 is 9.31 Å². The van der Waals surface area contributed by atoms with Crippen molar-refractivity contribution in [3.63, 3.8) is 0 Å². The number of non-ortho nitro benzene ring substituents is 1. The number of hydrogen-bond donors (Lipinski definition) is 1. The van der Waals surface area contributed by atoms with Crippen LogP contribution in [0.3, 0.4) is 0 Å². The minimum Gasteiger partial charge on any atom is -0.375 e. The van der Waals surface area contributed by atoms with Gasteiger partial charge >= 0.3 is 0 Å². The van der Waals surface area contributed by atoms with E-state index in [-0.39, 0.29) is 17.4 Å². The number of anilines is 1. The molecule has 1 aromatic heterocycles. The van der Waals surface area contributed by atoms with E-state index in [1.54, 1.807) is 11.3 Å². The largest absolute Gasteiger partial charge is 0.375 e. The van der Waals surface area contributed by atoms with Crippen molar-refractivity contribution in [1.82, 2.24) is 0 Å². The summed E-state index contributed by atoms with van der Waals surface area (Å²) in [7, 11) is 0. The number of rotatable bonds is 5. The molecular weight excluding hydrogens is 279 g/mol. The molecule has 1 fully saturated rings. The molecule has 0 aliphatic heterocycles. The second-order valence-corrected chi connectivity index (χ2v) is 5.88. The van der Waals surface area contributed by atoms with Gasteiger partial charge in [0.1, 0.15) is 5.82 Å². The van der Waals surface area contributed by atoms with Crippen molar-refractivity contribution in [2.24, 2.45) is 5.92 Å². The quantitative estimate of drug-likeness (QED) is 0.658. The zero-order valence-corrected chi connectivity index (χ0v) is 11.4. The van der Waals surface area contributed by atoms with Gasteiger partial charge in [-0.2, -0.15) is 0 Å². The van der Waals surface area contributed by atoms with E-state index in [0.29, 0.717) is 5.92 Å². The topological polar surface area (TPSA) is 55.2 Å². The molecule has 4 nitrogen and oxygen atoms in total. The lowest BCUT2D eigenvalue weighted by molar-refractivity contribution is -0.384. The summed E-state index contributed by atoms with van der Waals surface area (Å²) >= 11 is 1.62. The van der Waals surface area contributed by atoms with Gasteiger partial charge in [-0.1, -0.05) is 6.07 Å². The summed E-state index contributed by atoms with van der Waals surface area (Å²) in [6.07, 6.45) is 2.21. The van der Waals surface area contributed by atoms with Crippen molar-refractivity contribution >= 4 is 22.7 Å². The van der Waals surface area contributed by atoms with Gasteiger partial charge in [-0.3, -0.25) is 10.1 Å². The Bertz CT molecular complexity index is 626. The van der Waals surface area contributed by atoms with Crippen LogP contribution in [0, 0.1) is 21.8 Å². The summed E-state index contributed by atoms with van der Waals surface area (Å²) in [5.74, 6) is 0.0186. The van der Waals surface area contributed by atoms with Crippen molar-refractivity contribution in [2.75, 3.05) is 5.32 Å².